The second-order valence-corrected chi connectivity index (χ2v) is 24.6. The minimum absolute atomic E-state index is 0.00804. The van der Waals surface area contributed by atoms with E-state index in [1.54, 1.807) is 112 Å². The molecule has 101 heavy (non-hydrogen) atoms. The predicted molar refractivity (Wildman–Crippen MR) is 387 cm³/mol. The van der Waals surface area contributed by atoms with Crippen molar-refractivity contribution in [3.63, 3.8) is 0 Å². The molecule has 5 heterocycles. The van der Waals surface area contributed by atoms with Crippen molar-refractivity contribution in [2.24, 2.45) is 0 Å². The van der Waals surface area contributed by atoms with E-state index in [0.29, 0.717) is 61.0 Å². The lowest BCUT2D eigenvalue weighted by Gasteiger charge is -2.09. The molecule has 0 aliphatic heterocycles. The molecule has 530 valence electrons. The molecule has 0 amide bonds. The molecule has 10 rings (SSSR count). The zero-order valence-corrected chi connectivity index (χ0v) is 60.6. The fraction of sp³-hybridized carbons (Fsp3) is 0.277. The number of aryl methyl sites for hydroxylation is 5. The summed E-state index contributed by atoms with van der Waals surface area (Å²) in [5, 5.41) is 0.491. The van der Waals surface area contributed by atoms with Crippen LogP contribution in [0.25, 0.3) is 0 Å². The molecule has 0 fully saturated rings. The maximum absolute atomic E-state index is 13.6. The minimum atomic E-state index is -0.621. The van der Waals surface area contributed by atoms with E-state index in [9.17, 15) is 54.7 Å². The average Bonchev–Trinajstić information content (AvgIpc) is 0.871. The van der Waals surface area contributed by atoms with Crippen LogP contribution in [0.15, 0.2) is 177 Å². The molecular formula is C83H87ClF7N5O5. The number of carbonyl (C=O) groups excluding carboxylic acids is 5. The van der Waals surface area contributed by atoms with Gasteiger partial charge in [-0.25, -0.2) is 35.7 Å². The summed E-state index contributed by atoms with van der Waals surface area (Å²) in [7, 11) is 0. The van der Waals surface area contributed by atoms with Gasteiger partial charge in [0.25, 0.3) is 0 Å². The van der Waals surface area contributed by atoms with Crippen LogP contribution in [0.5, 0.6) is 0 Å². The number of nitrogens with zero attached hydrogens (tertiary/aromatic N) is 5. The number of ketones is 5. The van der Waals surface area contributed by atoms with Crippen LogP contribution in [-0.2, 0) is 32.1 Å². The molecular weight excluding hydrogens is 1320 g/mol. The number of hydrogen-bond acceptors (Lipinski definition) is 10. The van der Waals surface area contributed by atoms with E-state index in [4.69, 9.17) is 11.6 Å². The van der Waals surface area contributed by atoms with Crippen molar-refractivity contribution in [3.8, 4) is 0 Å². The highest BCUT2D eigenvalue weighted by Gasteiger charge is 2.18. The van der Waals surface area contributed by atoms with Crippen molar-refractivity contribution in [3.05, 3.63) is 323 Å². The number of pyridine rings is 5. The van der Waals surface area contributed by atoms with Crippen LogP contribution in [-0.4, -0.2) is 53.8 Å². The van der Waals surface area contributed by atoms with Crippen molar-refractivity contribution in [2.45, 2.75) is 154 Å². The molecule has 10 nitrogen and oxygen atoms in total. The van der Waals surface area contributed by atoms with Crippen LogP contribution in [0.1, 0.15) is 212 Å². The lowest BCUT2D eigenvalue weighted by atomic mass is 9.97. The zero-order chi connectivity index (χ0) is 75.2. The molecule has 0 N–H and O–H groups in total. The van der Waals surface area contributed by atoms with Gasteiger partial charge in [-0.2, -0.15) is 0 Å². The number of Topliss-reactive ketones (excluding diaryl/α,β-unsaturated/α-hetero) is 5. The molecule has 0 saturated carbocycles. The van der Waals surface area contributed by atoms with Crippen molar-refractivity contribution >= 4 is 40.5 Å². The van der Waals surface area contributed by atoms with Crippen LogP contribution < -0.4 is 0 Å². The second kappa shape index (κ2) is 41.5. The third-order valence-corrected chi connectivity index (χ3v) is 15.2. The van der Waals surface area contributed by atoms with Crippen molar-refractivity contribution in [1.82, 2.24) is 24.9 Å². The van der Waals surface area contributed by atoms with Crippen LogP contribution in [0.4, 0.5) is 30.7 Å². The van der Waals surface area contributed by atoms with Gasteiger partial charge in [-0.05, 0) is 197 Å². The Labute approximate surface area is 594 Å². The van der Waals surface area contributed by atoms with Gasteiger partial charge < -0.3 is 0 Å². The number of benzene rings is 5. The molecule has 18 heteroatoms. The number of carbonyl (C=O) groups is 5. The van der Waals surface area contributed by atoms with Crippen LogP contribution in [0, 0.1) is 75.3 Å². The van der Waals surface area contributed by atoms with Crippen molar-refractivity contribution < 1.29 is 54.7 Å². The maximum Gasteiger partial charge on any atom is 0.188 e. The van der Waals surface area contributed by atoms with E-state index in [1.807, 2.05) is 95.2 Å². The molecule has 5 aromatic heterocycles. The normalized spacial score (nSPS) is 10.4. The third kappa shape index (κ3) is 27.2. The standard InChI is InChI=1S/C17H18FNO.C16H15ClFNO.C16H15F2NO.C15H13F2NO.C15H14FNO.2C2H6/c1-11(2)14-8-13(5-6-15(14)18)9-17(20)16-7-4-12(3)10-19-16;2*1-10(2)13-7-11(3-5-14(13)18)8-16(20)15-6-4-12(17)9-19-15;1-9-5-13(17)15(18-8-9)14(19)7-11-3-4-12(16)10(2)6-11;1-10-3-6-14(17-9-10)15(18)8-12-4-5-13(16)11(2)7-12;2*1-2/h4-8,10-11H,9H2,1-3H3;2*3-7,9-10H,8H2,1-2H3;3-6,8H,7H2,1-2H3;3-7,9H,8H2,1-2H3;2*1-2H3. The summed E-state index contributed by atoms with van der Waals surface area (Å²) in [4.78, 5) is 79.9. The summed E-state index contributed by atoms with van der Waals surface area (Å²) in [6.45, 7) is 28.4. The Morgan fingerprint density at radius 2 is 0.614 bits per heavy atom. The number of hydrogen-bond donors (Lipinski definition) is 0. The van der Waals surface area contributed by atoms with Crippen LogP contribution in [0.2, 0.25) is 5.02 Å². The molecule has 0 aliphatic carbocycles. The van der Waals surface area contributed by atoms with Gasteiger partial charge in [0, 0.05) is 56.9 Å². The first-order chi connectivity index (χ1) is 47.9. The van der Waals surface area contributed by atoms with Gasteiger partial charge in [0.05, 0.1) is 11.2 Å². The Kier molecular flexibility index (Phi) is 34.3. The van der Waals surface area contributed by atoms with E-state index >= 15 is 0 Å². The molecule has 10 aromatic rings. The lowest BCUT2D eigenvalue weighted by Crippen LogP contribution is -2.09. The van der Waals surface area contributed by atoms with Gasteiger partial charge in [0.2, 0.25) is 0 Å². The summed E-state index contributed by atoms with van der Waals surface area (Å²) < 4.78 is 93.4. The van der Waals surface area contributed by atoms with Gasteiger partial charge in [0.15, 0.2) is 34.7 Å². The quantitative estimate of drug-likeness (QED) is 0.0600. The summed E-state index contributed by atoms with van der Waals surface area (Å²) in [5.41, 5.74) is 10.7. The van der Waals surface area contributed by atoms with Gasteiger partial charge in [-0.3, -0.25) is 43.9 Å². The van der Waals surface area contributed by atoms with E-state index in [0.717, 1.165) is 39.6 Å². The molecule has 0 bridgehead atoms. The molecule has 0 aliphatic rings. The molecule has 0 radical (unpaired) electrons. The first-order valence-corrected chi connectivity index (χ1v) is 33.5. The first kappa shape index (κ1) is 83.4. The Morgan fingerprint density at radius 1 is 0.317 bits per heavy atom. The molecule has 0 spiro atoms. The molecule has 5 aromatic carbocycles. The zero-order valence-electron chi connectivity index (χ0n) is 59.8. The fourth-order valence-electron chi connectivity index (χ4n) is 9.53. The SMILES string of the molecule is CC.CC.CC(C)c1cc(CC(=O)c2ccc(Cl)cn2)ccc1F.CC(C)c1cc(CC(=O)c2ccc(F)cn2)ccc1F.Cc1ccc(C(=O)Cc2ccc(F)c(C(C)C)c2)nc1.Cc1ccc(C(=O)Cc2ccc(F)c(C)c2)nc1.Cc1cnc(C(=O)Cc2ccc(F)c(C)c2)c(F)c1. The van der Waals surface area contributed by atoms with E-state index in [-0.39, 0.29) is 113 Å². The summed E-state index contributed by atoms with van der Waals surface area (Å²) in [5.74, 6) is -3.01. The minimum Gasteiger partial charge on any atom is -0.292 e. The predicted octanol–water partition coefficient (Wildman–Crippen LogP) is 21.1. The van der Waals surface area contributed by atoms with Crippen molar-refractivity contribution in [1.29, 1.82) is 0 Å². The van der Waals surface area contributed by atoms with E-state index in [2.05, 4.69) is 24.9 Å². The Balaban J connectivity index is 0.000000264. The number of aromatic nitrogens is 5. The van der Waals surface area contributed by atoms with E-state index in [1.165, 1.54) is 67.0 Å². The largest absolute Gasteiger partial charge is 0.292 e. The summed E-state index contributed by atoms with van der Waals surface area (Å²) in [6, 6.07) is 37.6. The Morgan fingerprint density at radius 3 is 0.901 bits per heavy atom. The highest BCUT2D eigenvalue weighted by atomic mass is 35.5. The Bertz CT molecular complexity index is 4110. The highest BCUT2D eigenvalue weighted by Crippen LogP contribution is 2.25. The Hall–Kier alpha value is -10.0. The van der Waals surface area contributed by atoms with Crippen LogP contribution >= 0.6 is 11.6 Å². The number of halogens is 8. The second-order valence-electron chi connectivity index (χ2n) is 24.2. The topological polar surface area (TPSA) is 150 Å². The molecule has 0 atom stereocenters. The maximum atomic E-state index is 13.6. The first-order valence-electron chi connectivity index (χ1n) is 33.2. The highest BCUT2D eigenvalue weighted by molar-refractivity contribution is 6.30. The smallest absolute Gasteiger partial charge is 0.188 e. The third-order valence-electron chi connectivity index (χ3n) is 15.0. The van der Waals surface area contributed by atoms with E-state index < -0.39 is 17.4 Å². The van der Waals surface area contributed by atoms with Gasteiger partial charge in [0.1, 0.15) is 63.4 Å². The lowest BCUT2D eigenvalue weighted by molar-refractivity contribution is 0.0976. The van der Waals surface area contributed by atoms with Gasteiger partial charge >= 0.3 is 0 Å². The van der Waals surface area contributed by atoms with Gasteiger partial charge in [-0.1, -0.05) is 154 Å². The molecule has 0 unspecified atom stereocenters. The summed E-state index contributed by atoms with van der Waals surface area (Å²) >= 11 is 5.73. The van der Waals surface area contributed by atoms with Crippen molar-refractivity contribution in [2.75, 3.05) is 0 Å². The monoisotopic (exact) mass is 1400 g/mol. The summed E-state index contributed by atoms with van der Waals surface area (Å²) in [6.07, 6.45) is 8.08. The number of rotatable bonds is 18. The fourth-order valence-corrected chi connectivity index (χ4v) is 9.64. The van der Waals surface area contributed by atoms with Gasteiger partial charge in [-0.15, -0.1) is 0 Å². The average molecular weight is 1400 g/mol. The molecule has 0 saturated heterocycles. The van der Waals surface area contributed by atoms with Crippen LogP contribution in [0.3, 0.4) is 0 Å².